The average molecular weight is 365 g/mol. The predicted molar refractivity (Wildman–Crippen MR) is 98.9 cm³/mol. The summed E-state index contributed by atoms with van der Waals surface area (Å²) >= 11 is 0. The van der Waals surface area contributed by atoms with E-state index >= 15 is 0 Å². The van der Waals surface area contributed by atoms with Crippen LogP contribution in [0.1, 0.15) is 56.1 Å². The van der Waals surface area contributed by atoms with Crippen molar-refractivity contribution in [1.29, 1.82) is 0 Å². The van der Waals surface area contributed by atoms with E-state index in [1.54, 1.807) is 4.31 Å². The standard InChI is InChI=1S/C19H28N2O3S/c1-2-14-25(23,24)21-12-10-16(11-13-21)20-19(22)18-9-5-7-15-6-3-4-8-17(15)18/h3-4,6,8,16,18H,2,5,7,9-14H2,1H3,(H,20,22). The number of hydrogen-bond acceptors (Lipinski definition) is 3. The van der Waals surface area contributed by atoms with Crippen LogP contribution in [-0.4, -0.2) is 43.5 Å². The van der Waals surface area contributed by atoms with Gasteiger partial charge in [0.1, 0.15) is 0 Å². The fourth-order valence-electron chi connectivity index (χ4n) is 3.99. The summed E-state index contributed by atoms with van der Waals surface area (Å²) in [6.07, 6.45) is 5.02. The number of fused-ring (bicyclic) bond motifs is 1. The molecule has 1 amide bonds. The number of carbonyl (C=O) groups excluding carboxylic acids is 1. The zero-order chi connectivity index (χ0) is 17.9. The van der Waals surface area contributed by atoms with Crippen LogP contribution in [0.5, 0.6) is 0 Å². The Morgan fingerprint density at radius 2 is 1.92 bits per heavy atom. The van der Waals surface area contributed by atoms with Gasteiger partial charge in [-0.25, -0.2) is 12.7 Å². The van der Waals surface area contributed by atoms with Crippen molar-refractivity contribution in [2.45, 2.75) is 57.4 Å². The third-order valence-corrected chi connectivity index (χ3v) is 7.42. The van der Waals surface area contributed by atoms with Gasteiger partial charge in [-0.15, -0.1) is 0 Å². The number of amides is 1. The van der Waals surface area contributed by atoms with E-state index in [-0.39, 0.29) is 23.6 Å². The van der Waals surface area contributed by atoms with Crippen LogP contribution in [0.4, 0.5) is 0 Å². The Hall–Kier alpha value is -1.40. The van der Waals surface area contributed by atoms with Gasteiger partial charge < -0.3 is 5.32 Å². The van der Waals surface area contributed by atoms with Gasteiger partial charge >= 0.3 is 0 Å². The molecule has 1 aliphatic heterocycles. The van der Waals surface area contributed by atoms with Crippen LogP contribution >= 0.6 is 0 Å². The second kappa shape index (κ2) is 7.87. The van der Waals surface area contributed by atoms with Gasteiger partial charge in [0.25, 0.3) is 0 Å². The van der Waals surface area contributed by atoms with Crippen LogP contribution < -0.4 is 5.32 Å². The molecule has 0 bridgehead atoms. The first-order valence-corrected chi connectivity index (χ1v) is 11.0. The van der Waals surface area contributed by atoms with Crippen LogP contribution in [0.3, 0.4) is 0 Å². The van der Waals surface area contributed by atoms with Gasteiger partial charge in [0.05, 0.1) is 11.7 Å². The van der Waals surface area contributed by atoms with Crippen molar-refractivity contribution >= 4 is 15.9 Å². The summed E-state index contributed by atoms with van der Waals surface area (Å²) in [5, 5.41) is 3.17. The summed E-state index contributed by atoms with van der Waals surface area (Å²) in [5.41, 5.74) is 2.45. The molecule has 1 heterocycles. The van der Waals surface area contributed by atoms with Crippen molar-refractivity contribution < 1.29 is 13.2 Å². The normalized spacial score (nSPS) is 22.4. The van der Waals surface area contributed by atoms with Crippen LogP contribution in [-0.2, 0) is 21.2 Å². The van der Waals surface area contributed by atoms with Crippen molar-refractivity contribution in [2.75, 3.05) is 18.8 Å². The lowest BCUT2D eigenvalue weighted by molar-refractivity contribution is -0.123. The highest BCUT2D eigenvalue weighted by Crippen LogP contribution is 2.32. The molecule has 1 aromatic rings. The molecule has 1 atom stereocenters. The van der Waals surface area contributed by atoms with Crippen molar-refractivity contribution in [3.05, 3.63) is 35.4 Å². The van der Waals surface area contributed by atoms with Crippen LogP contribution in [0, 0.1) is 0 Å². The van der Waals surface area contributed by atoms with Crippen molar-refractivity contribution in [1.82, 2.24) is 9.62 Å². The highest BCUT2D eigenvalue weighted by Gasteiger charge is 2.31. The first-order valence-electron chi connectivity index (χ1n) is 9.37. The summed E-state index contributed by atoms with van der Waals surface area (Å²) < 4.78 is 25.9. The number of piperidine rings is 1. The molecular weight excluding hydrogens is 336 g/mol. The Kier molecular flexibility index (Phi) is 5.79. The van der Waals surface area contributed by atoms with Crippen LogP contribution in [0.2, 0.25) is 0 Å². The van der Waals surface area contributed by atoms with E-state index in [0.717, 1.165) is 24.8 Å². The maximum absolute atomic E-state index is 12.8. The number of rotatable bonds is 5. The first kappa shape index (κ1) is 18.4. The first-order chi connectivity index (χ1) is 12.0. The van der Waals surface area contributed by atoms with E-state index < -0.39 is 10.0 Å². The van der Waals surface area contributed by atoms with E-state index in [9.17, 15) is 13.2 Å². The van der Waals surface area contributed by atoms with E-state index in [1.807, 2.05) is 19.1 Å². The molecule has 0 radical (unpaired) electrons. The third-order valence-electron chi connectivity index (χ3n) is 5.34. The van der Waals surface area contributed by atoms with Gasteiger partial charge in [-0.1, -0.05) is 31.2 Å². The number of nitrogens with zero attached hydrogens (tertiary/aromatic N) is 1. The molecule has 138 valence electrons. The molecule has 3 rings (SSSR count). The van der Waals surface area contributed by atoms with Gasteiger partial charge in [0, 0.05) is 19.1 Å². The molecule has 1 aromatic carbocycles. The van der Waals surface area contributed by atoms with Gasteiger partial charge in [-0.2, -0.15) is 0 Å². The summed E-state index contributed by atoms with van der Waals surface area (Å²) in [6, 6.07) is 8.30. The van der Waals surface area contributed by atoms with Gasteiger partial charge in [0.2, 0.25) is 15.9 Å². The molecule has 0 saturated carbocycles. The fraction of sp³-hybridized carbons (Fsp3) is 0.632. The lowest BCUT2D eigenvalue weighted by Gasteiger charge is -2.33. The molecule has 5 nitrogen and oxygen atoms in total. The Bertz CT molecular complexity index is 709. The lowest BCUT2D eigenvalue weighted by atomic mass is 9.82. The topological polar surface area (TPSA) is 66.5 Å². The van der Waals surface area contributed by atoms with E-state index in [0.29, 0.717) is 32.4 Å². The molecule has 0 aromatic heterocycles. The van der Waals surface area contributed by atoms with Gasteiger partial charge in [-0.3, -0.25) is 4.79 Å². The zero-order valence-corrected chi connectivity index (χ0v) is 15.7. The molecule has 1 N–H and O–H groups in total. The summed E-state index contributed by atoms with van der Waals surface area (Å²) in [4.78, 5) is 12.8. The molecule has 25 heavy (non-hydrogen) atoms. The average Bonchev–Trinajstić information content (AvgIpc) is 2.61. The van der Waals surface area contributed by atoms with Crippen molar-refractivity contribution in [2.24, 2.45) is 0 Å². The number of nitrogens with one attached hydrogen (secondary N) is 1. The Morgan fingerprint density at radius 1 is 1.20 bits per heavy atom. The van der Waals surface area contributed by atoms with E-state index in [2.05, 4.69) is 17.4 Å². The highest BCUT2D eigenvalue weighted by atomic mass is 32.2. The molecular formula is C19H28N2O3S. The van der Waals surface area contributed by atoms with Crippen molar-refractivity contribution in [3.8, 4) is 0 Å². The number of benzene rings is 1. The lowest BCUT2D eigenvalue weighted by Crippen LogP contribution is -2.48. The highest BCUT2D eigenvalue weighted by molar-refractivity contribution is 7.89. The molecule has 6 heteroatoms. The van der Waals surface area contributed by atoms with Crippen LogP contribution in [0.15, 0.2) is 24.3 Å². The van der Waals surface area contributed by atoms with Gasteiger partial charge in [-0.05, 0) is 49.7 Å². The largest absolute Gasteiger partial charge is 0.353 e. The minimum atomic E-state index is -3.13. The predicted octanol–water partition coefficient (Wildman–Crippen LogP) is 2.43. The summed E-state index contributed by atoms with van der Waals surface area (Å²) in [6.45, 7) is 2.90. The molecule has 1 unspecified atom stereocenters. The number of sulfonamides is 1. The second-order valence-corrected chi connectivity index (χ2v) is 9.23. The molecule has 1 fully saturated rings. The Morgan fingerprint density at radius 3 is 2.64 bits per heavy atom. The van der Waals surface area contributed by atoms with Crippen LogP contribution in [0.25, 0.3) is 0 Å². The fourth-order valence-corrected chi connectivity index (χ4v) is 5.53. The monoisotopic (exact) mass is 364 g/mol. The minimum Gasteiger partial charge on any atom is -0.353 e. The molecule has 0 spiro atoms. The second-order valence-electron chi connectivity index (χ2n) is 7.14. The number of aryl methyl sites for hydroxylation is 1. The van der Waals surface area contributed by atoms with E-state index in [4.69, 9.17) is 0 Å². The summed E-state index contributed by atoms with van der Waals surface area (Å²) in [5.74, 6) is 0.247. The van der Waals surface area contributed by atoms with Crippen molar-refractivity contribution in [3.63, 3.8) is 0 Å². The zero-order valence-electron chi connectivity index (χ0n) is 14.9. The quantitative estimate of drug-likeness (QED) is 0.873. The summed E-state index contributed by atoms with van der Waals surface area (Å²) in [7, 11) is -3.13. The van der Waals surface area contributed by atoms with Gasteiger partial charge in [0.15, 0.2) is 0 Å². The Labute approximate surface area is 150 Å². The third kappa shape index (κ3) is 4.23. The maximum Gasteiger partial charge on any atom is 0.227 e. The number of carbonyl (C=O) groups is 1. The number of hydrogen-bond donors (Lipinski definition) is 1. The smallest absolute Gasteiger partial charge is 0.227 e. The molecule has 1 aliphatic carbocycles. The Balaban J connectivity index is 1.57. The minimum absolute atomic E-state index is 0.0631. The SMILES string of the molecule is CCCS(=O)(=O)N1CCC(NC(=O)C2CCCc3ccccc32)CC1. The molecule has 2 aliphatic rings. The maximum atomic E-state index is 12.8. The van der Waals surface area contributed by atoms with E-state index in [1.165, 1.54) is 5.56 Å². The molecule has 1 saturated heterocycles.